The van der Waals surface area contributed by atoms with Gasteiger partial charge in [0.2, 0.25) is 5.91 Å². The fourth-order valence-electron chi connectivity index (χ4n) is 2.18. The number of nitrogens with one attached hydrogen (secondary N) is 1. The van der Waals surface area contributed by atoms with Gasteiger partial charge in [-0.15, -0.1) is 0 Å². The number of carbonyl (C=O) groups is 1. The lowest BCUT2D eigenvalue weighted by atomic mass is 10.1. The first-order valence-corrected chi connectivity index (χ1v) is 6.93. The molecule has 106 valence electrons. The predicted octanol–water partition coefficient (Wildman–Crippen LogP) is 2.19. The van der Waals surface area contributed by atoms with Crippen molar-refractivity contribution in [3.8, 4) is 0 Å². The second-order valence-corrected chi connectivity index (χ2v) is 4.97. The Bertz CT molecular complexity index is 592. The van der Waals surface area contributed by atoms with E-state index >= 15 is 0 Å². The second-order valence-electron chi connectivity index (χ2n) is 4.97. The summed E-state index contributed by atoms with van der Waals surface area (Å²) in [6.45, 7) is 5.28. The van der Waals surface area contributed by atoms with E-state index in [1.165, 1.54) is 10.9 Å². The highest BCUT2D eigenvalue weighted by atomic mass is 16.2. The van der Waals surface area contributed by atoms with E-state index in [0.29, 0.717) is 6.54 Å². The molecule has 0 aliphatic heterocycles. The number of carbonyl (C=O) groups excluding carboxylic acids is 1. The van der Waals surface area contributed by atoms with E-state index in [1.54, 1.807) is 11.1 Å². The SMILES string of the molecule is CCN(C)C(=O)C(C)NCc1cccc2cnccc12. The molecule has 0 spiro atoms. The van der Waals surface area contributed by atoms with Crippen LogP contribution < -0.4 is 5.32 Å². The van der Waals surface area contributed by atoms with Gasteiger partial charge in [0.15, 0.2) is 0 Å². The molecule has 0 fully saturated rings. The lowest BCUT2D eigenvalue weighted by molar-refractivity contribution is -0.131. The Kier molecular flexibility index (Phi) is 4.69. The zero-order valence-electron chi connectivity index (χ0n) is 12.3. The summed E-state index contributed by atoms with van der Waals surface area (Å²) in [7, 11) is 1.82. The Morgan fingerprint density at radius 2 is 2.20 bits per heavy atom. The monoisotopic (exact) mass is 271 g/mol. The van der Waals surface area contributed by atoms with Crippen LogP contribution in [0.15, 0.2) is 36.7 Å². The van der Waals surface area contributed by atoms with E-state index in [4.69, 9.17) is 0 Å². The Morgan fingerprint density at radius 3 is 2.95 bits per heavy atom. The molecule has 1 unspecified atom stereocenters. The van der Waals surface area contributed by atoms with Crippen molar-refractivity contribution in [1.82, 2.24) is 15.2 Å². The Balaban J connectivity index is 2.08. The minimum Gasteiger partial charge on any atom is -0.345 e. The van der Waals surface area contributed by atoms with Gasteiger partial charge >= 0.3 is 0 Å². The molecule has 2 rings (SSSR count). The summed E-state index contributed by atoms with van der Waals surface area (Å²) in [5, 5.41) is 5.60. The maximum Gasteiger partial charge on any atom is 0.239 e. The summed E-state index contributed by atoms with van der Waals surface area (Å²) < 4.78 is 0. The van der Waals surface area contributed by atoms with Crippen molar-refractivity contribution in [3.63, 3.8) is 0 Å². The van der Waals surface area contributed by atoms with Crippen molar-refractivity contribution in [2.24, 2.45) is 0 Å². The average Bonchev–Trinajstić information content (AvgIpc) is 2.50. The van der Waals surface area contributed by atoms with Crippen LogP contribution in [0.5, 0.6) is 0 Å². The van der Waals surface area contributed by atoms with E-state index in [-0.39, 0.29) is 11.9 Å². The lowest BCUT2D eigenvalue weighted by Gasteiger charge is -2.21. The number of amides is 1. The first kappa shape index (κ1) is 14.5. The number of nitrogens with zero attached hydrogens (tertiary/aromatic N) is 2. The fourth-order valence-corrected chi connectivity index (χ4v) is 2.18. The van der Waals surface area contributed by atoms with Crippen LogP contribution in [0.25, 0.3) is 10.8 Å². The molecule has 4 nitrogen and oxygen atoms in total. The van der Waals surface area contributed by atoms with E-state index in [9.17, 15) is 4.79 Å². The maximum absolute atomic E-state index is 12.0. The summed E-state index contributed by atoms with van der Waals surface area (Å²) in [5.74, 6) is 0.120. The number of hydrogen-bond donors (Lipinski definition) is 1. The number of pyridine rings is 1. The molecular formula is C16H21N3O. The number of rotatable bonds is 5. The number of benzene rings is 1. The molecule has 4 heteroatoms. The van der Waals surface area contributed by atoms with Crippen LogP contribution in [-0.4, -0.2) is 35.4 Å². The fraction of sp³-hybridized carbons (Fsp3) is 0.375. The van der Waals surface area contributed by atoms with Crippen molar-refractivity contribution in [1.29, 1.82) is 0 Å². The van der Waals surface area contributed by atoms with Crippen LogP contribution in [0.1, 0.15) is 19.4 Å². The molecule has 1 amide bonds. The van der Waals surface area contributed by atoms with Crippen molar-refractivity contribution < 1.29 is 4.79 Å². The highest BCUT2D eigenvalue weighted by molar-refractivity contribution is 5.85. The Hall–Kier alpha value is -1.94. The van der Waals surface area contributed by atoms with Crippen LogP contribution in [0.2, 0.25) is 0 Å². The van der Waals surface area contributed by atoms with Gasteiger partial charge in [0.25, 0.3) is 0 Å². The van der Waals surface area contributed by atoms with E-state index in [0.717, 1.165) is 11.9 Å². The molecule has 0 aliphatic carbocycles. The summed E-state index contributed by atoms with van der Waals surface area (Å²) in [6, 6.07) is 7.97. The van der Waals surface area contributed by atoms with Crippen LogP contribution in [-0.2, 0) is 11.3 Å². The summed E-state index contributed by atoms with van der Waals surface area (Å²) >= 11 is 0. The molecule has 2 aromatic rings. The summed E-state index contributed by atoms with van der Waals surface area (Å²) in [6.07, 6.45) is 3.66. The van der Waals surface area contributed by atoms with E-state index in [1.807, 2.05) is 45.3 Å². The largest absolute Gasteiger partial charge is 0.345 e. The summed E-state index contributed by atoms with van der Waals surface area (Å²) in [5.41, 5.74) is 1.18. The zero-order chi connectivity index (χ0) is 14.5. The molecule has 20 heavy (non-hydrogen) atoms. The predicted molar refractivity (Wildman–Crippen MR) is 81.4 cm³/mol. The van der Waals surface area contributed by atoms with Gasteiger partial charge in [0, 0.05) is 37.9 Å². The van der Waals surface area contributed by atoms with Crippen LogP contribution in [0.4, 0.5) is 0 Å². The van der Waals surface area contributed by atoms with Gasteiger partial charge in [-0.3, -0.25) is 9.78 Å². The Morgan fingerprint density at radius 1 is 1.40 bits per heavy atom. The number of hydrogen-bond acceptors (Lipinski definition) is 3. The highest BCUT2D eigenvalue weighted by Gasteiger charge is 2.15. The van der Waals surface area contributed by atoms with Crippen LogP contribution in [0.3, 0.4) is 0 Å². The molecular weight excluding hydrogens is 250 g/mol. The molecule has 1 N–H and O–H groups in total. The van der Waals surface area contributed by atoms with Crippen LogP contribution in [0, 0.1) is 0 Å². The van der Waals surface area contributed by atoms with Gasteiger partial charge in [-0.25, -0.2) is 0 Å². The molecule has 0 aliphatic rings. The normalized spacial score (nSPS) is 12.3. The van der Waals surface area contributed by atoms with Crippen molar-refractivity contribution >= 4 is 16.7 Å². The molecule has 1 heterocycles. The minimum absolute atomic E-state index is 0.120. The van der Waals surface area contributed by atoms with Gasteiger partial charge in [0.05, 0.1) is 6.04 Å². The third kappa shape index (κ3) is 3.14. The number of fused-ring (bicyclic) bond motifs is 1. The third-order valence-corrected chi connectivity index (χ3v) is 3.59. The topological polar surface area (TPSA) is 45.2 Å². The van der Waals surface area contributed by atoms with Crippen molar-refractivity contribution in [3.05, 3.63) is 42.2 Å². The van der Waals surface area contributed by atoms with Gasteiger partial charge in [0.1, 0.15) is 0 Å². The highest BCUT2D eigenvalue weighted by Crippen LogP contribution is 2.17. The standard InChI is InChI=1S/C16H21N3O/c1-4-19(3)16(20)12(2)18-11-14-7-5-6-13-10-17-9-8-15(13)14/h5-10,12,18H,4,11H2,1-3H3. The quantitative estimate of drug-likeness (QED) is 0.906. The maximum atomic E-state index is 12.0. The smallest absolute Gasteiger partial charge is 0.239 e. The Labute approximate surface area is 119 Å². The molecule has 1 aromatic carbocycles. The second kappa shape index (κ2) is 6.48. The van der Waals surface area contributed by atoms with E-state index in [2.05, 4.69) is 16.4 Å². The molecule has 0 saturated heterocycles. The third-order valence-electron chi connectivity index (χ3n) is 3.59. The van der Waals surface area contributed by atoms with Crippen molar-refractivity contribution in [2.45, 2.75) is 26.4 Å². The lowest BCUT2D eigenvalue weighted by Crippen LogP contribution is -2.42. The first-order chi connectivity index (χ1) is 9.63. The molecule has 1 aromatic heterocycles. The molecule has 0 bridgehead atoms. The average molecular weight is 271 g/mol. The zero-order valence-corrected chi connectivity index (χ0v) is 12.3. The molecule has 0 radical (unpaired) electrons. The molecule has 0 saturated carbocycles. The van der Waals surface area contributed by atoms with E-state index < -0.39 is 0 Å². The van der Waals surface area contributed by atoms with Gasteiger partial charge < -0.3 is 10.2 Å². The van der Waals surface area contributed by atoms with Gasteiger partial charge in [-0.2, -0.15) is 0 Å². The summed E-state index contributed by atoms with van der Waals surface area (Å²) in [4.78, 5) is 17.9. The minimum atomic E-state index is -0.183. The first-order valence-electron chi connectivity index (χ1n) is 6.93. The molecule has 1 atom stereocenters. The van der Waals surface area contributed by atoms with Gasteiger partial charge in [-0.05, 0) is 30.9 Å². The van der Waals surface area contributed by atoms with Crippen molar-refractivity contribution in [2.75, 3.05) is 13.6 Å². The number of likely N-dealkylation sites (N-methyl/N-ethyl adjacent to an activating group) is 1. The van der Waals surface area contributed by atoms with Gasteiger partial charge in [-0.1, -0.05) is 18.2 Å². The number of aromatic nitrogens is 1. The van der Waals surface area contributed by atoms with Crippen LogP contribution >= 0.6 is 0 Å².